The van der Waals surface area contributed by atoms with Crippen molar-refractivity contribution >= 4 is 22.5 Å². The average molecular weight is 373 g/mol. The maximum Gasteiger partial charge on any atom is 0.252 e. The van der Waals surface area contributed by atoms with Gasteiger partial charge in [-0.3, -0.25) is 4.79 Å². The van der Waals surface area contributed by atoms with Gasteiger partial charge in [-0.1, -0.05) is 23.7 Å². The zero-order valence-corrected chi connectivity index (χ0v) is 15.2. The van der Waals surface area contributed by atoms with Gasteiger partial charge < -0.3 is 20.1 Å². The summed E-state index contributed by atoms with van der Waals surface area (Å²) in [6.45, 7) is 2.83. The smallest absolute Gasteiger partial charge is 0.252 e. The first-order valence-corrected chi connectivity index (χ1v) is 8.79. The van der Waals surface area contributed by atoms with Crippen LogP contribution in [0.3, 0.4) is 0 Å². The summed E-state index contributed by atoms with van der Waals surface area (Å²) in [5.41, 5.74) is 2.44. The quantitative estimate of drug-likeness (QED) is 0.596. The van der Waals surface area contributed by atoms with Crippen molar-refractivity contribution in [2.75, 3.05) is 13.2 Å². The Labute approximate surface area is 156 Å². The first-order chi connectivity index (χ1) is 12.5. The van der Waals surface area contributed by atoms with Crippen LogP contribution in [0.5, 0.6) is 5.75 Å². The van der Waals surface area contributed by atoms with Crippen LogP contribution in [0.15, 0.2) is 53.3 Å². The van der Waals surface area contributed by atoms with Crippen molar-refractivity contribution in [1.82, 2.24) is 10.3 Å². The summed E-state index contributed by atoms with van der Waals surface area (Å²) in [5.74, 6) is 0.648. The van der Waals surface area contributed by atoms with Crippen molar-refractivity contribution in [1.29, 1.82) is 0 Å². The Morgan fingerprint density at radius 2 is 1.96 bits per heavy atom. The van der Waals surface area contributed by atoms with E-state index in [4.69, 9.17) is 16.3 Å². The van der Waals surface area contributed by atoms with E-state index >= 15 is 0 Å². The molecule has 6 heteroatoms. The van der Waals surface area contributed by atoms with Crippen molar-refractivity contribution in [3.8, 4) is 5.75 Å². The highest BCUT2D eigenvalue weighted by Crippen LogP contribution is 2.15. The minimum Gasteiger partial charge on any atom is -0.491 e. The summed E-state index contributed by atoms with van der Waals surface area (Å²) in [6, 6.07) is 14.8. The van der Waals surface area contributed by atoms with Gasteiger partial charge in [0.25, 0.3) is 5.56 Å². The fourth-order valence-electron chi connectivity index (χ4n) is 2.65. The number of hydrogen-bond acceptors (Lipinski definition) is 4. The number of H-pyrrole nitrogens is 1. The average Bonchev–Trinajstić information content (AvgIpc) is 2.62. The summed E-state index contributed by atoms with van der Waals surface area (Å²) in [5, 5.41) is 14.7. The largest absolute Gasteiger partial charge is 0.491 e. The minimum absolute atomic E-state index is 0.123. The number of fused-ring (bicyclic) bond motifs is 1. The number of aliphatic hydroxyl groups excluding tert-OH is 1. The highest BCUT2D eigenvalue weighted by Gasteiger charge is 2.07. The Bertz CT molecular complexity index is 938. The summed E-state index contributed by atoms with van der Waals surface area (Å²) in [7, 11) is 0. The van der Waals surface area contributed by atoms with Gasteiger partial charge in [0.15, 0.2) is 0 Å². The molecular formula is C20H21ClN2O3. The lowest BCUT2D eigenvalue weighted by atomic mass is 10.1. The maximum absolute atomic E-state index is 12.2. The van der Waals surface area contributed by atoms with Crippen molar-refractivity contribution in [3.63, 3.8) is 0 Å². The Kier molecular flexibility index (Phi) is 5.93. The fraction of sp³-hybridized carbons (Fsp3) is 0.250. The van der Waals surface area contributed by atoms with E-state index in [-0.39, 0.29) is 12.2 Å². The van der Waals surface area contributed by atoms with E-state index in [0.717, 1.165) is 16.5 Å². The molecule has 1 unspecified atom stereocenters. The molecule has 0 spiro atoms. The van der Waals surface area contributed by atoms with E-state index in [1.807, 2.05) is 31.2 Å². The van der Waals surface area contributed by atoms with Crippen LogP contribution >= 0.6 is 11.6 Å². The van der Waals surface area contributed by atoms with E-state index in [0.29, 0.717) is 29.4 Å². The van der Waals surface area contributed by atoms with Crippen LogP contribution in [0, 0.1) is 6.92 Å². The molecule has 3 N–H and O–H groups in total. The Balaban J connectivity index is 1.51. The second kappa shape index (κ2) is 8.36. The summed E-state index contributed by atoms with van der Waals surface area (Å²) >= 11 is 5.81. The predicted molar refractivity (Wildman–Crippen MR) is 104 cm³/mol. The number of nitrogens with one attached hydrogen (secondary N) is 2. The van der Waals surface area contributed by atoms with Crippen LogP contribution in [0.2, 0.25) is 5.02 Å². The van der Waals surface area contributed by atoms with Crippen LogP contribution < -0.4 is 15.6 Å². The number of hydrogen-bond donors (Lipinski definition) is 3. The number of ether oxygens (including phenoxy) is 1. The molecule has 0 radical (unpaired) electrons. The zero-order valence-electron chi connectivity index (χ0n) is 14.5. The number of aliphatic hydroxyl groups is 1. The molecule has 0 saturated carbocycles. The van der Waals surface area contributed by atoms with Gasteiger partial charge in [0, 0.05) is 29.2 Å². The number of benzene rings is 2. The fourth-order valence-corrected chi connectivity index (χ4v) is 2.77. The molecule has 1 heterocycles. The Hall–Kier alpha value is -2.34. The van der Waals surface area contributed by atoms with Gasteiger partial charge in [0.2, 0.25) is 0 Å². The summed E-state index contributed by atoms with van der Waals surface area (Å²) in [4.78, 5) is 15.1. The van der Waals surface area contributed by atoms with E-state index < -0.39 is 6.10 Å². The minimum atomic E-state index is -0.687. The summed E-state index contributed by atoms with van der Waals surface area (Å²) in [6.07, 6.45) is -0.687. The van der Waals surface area contributed by atoms with E-state index in [2.05, 4.69) is 10.3 Å². The third-order valence-electron chi connectivity index (χ3n) is 4.03. The highest BCUT2D eigenvalue weighted by atomic mass is 35.5. The number of halogens is 1. The van der Waals surface area contributed by atoms with Crippen molar-refractivity contribution in [2.24, 2.45) is 0 Å². The number of aromatic amines is 1. The molecule has 2 aromatic carbocycles. The number of rotatable bonds is 7. The number of aryl methyl sites for hydroxylation is 1. The lowest BCUT2D eigenvalue weighted by Gasteiger charge is -2.13. The van der Waals surface area contributed by atoms with E-state index in [9.17, 15) is 9.90 Å². The molecule has 1 atom stereocenters. The zero-order chi connectivity index (χ0) is 18.5. The second-order valence-corrected chi connectivity index (χ2v) is 6.70. The molecule has 1 aromatic heterocycles. The molecule has 3 aromatic rings. The molecule has 0 bridgehead atoms. The van der Waals surface area contributed by atoms with Crippen LogP contribution in [0.1, 0.15) is 11.1 Å². The molecule has 0 fully saturated rings. The molecule has 0 aliphatic rings. The normalized spacial score (nSPS) is 12.3. The first-order valence-electron chi connectivity index (χ1n) is 8.41. The van der Waals surface area contributed by atoms with Crippen molar-refractivity contribution in [2.45, 2.75) is 19.6 Å². The van der Waals surface area contributed by atoms with E-state index in [1.165, 1.54) is 0 Å². The van der Waals surface area contributed by atoms with E-state index in [1.54, 1.807) is 24.3 Å². The summed E-state index contributed by atoms with van der Waals surface area (Å²) < 4.78 is 5.50. The third-order valence-corrected chi connectivity index (χ3v) is 4.28. The van der Waals surface area contributed by atoms with Crippen LogP contribution in [0.25, 0.3) is 10.9 Å². The second-order valence-electron chi connectivity index (χ2n) is 6.26. The SMILES string of the molecule is Cc1ccc2cc(CNCC(O)COc3ccc(Cl)cc3)c(=O)[nH]c2c1. The molecule has 5 nitrogen and oxygen atoms in total. The molecule has 0 amide bonds. The van der Waals surface area contributed by atoms with Gasteiger partial charge in [-0.2, -0.15) is 0 Å². The molecule has 26 heavy (non-hydrogen) atoms. The first kappa shape index (κ1) is 18.5. The van der Waals surface area contributed by atoms with Crippen molar-refractivity contribution in [3.05, 3.63) is 75.0 Å². The maximum atomic E-state index is 12.2. The van der Waals surface area contributed by atoms with Gasteiger partial charge in [0.1, 0.15) is 18.5 Å². The van der Waals surface area contributed by atoms with Gasteiger partial charge in [0.05, 0.1) is 0 Å². The van der Waals surface area contributed by atoms with Gasteiger partial charge in [-0.25, -0.2) is 0 Å². The highest BCUT2D eigenvalue weighted by molar-refractivity contribution is 6.30. The molecule has 3 rings (SSSR count). The Morgan fingerprint density at radius 3 is 2.73 bits per heavy atom. The predicted octanol–water partition coefficient (Wildman–Crippen LogP) is 3.02. The van der Waals surface area contributed by atoms with Gasteiger partial charge >= 0.3 is 0 Å². The number of pyridine rings is 1. The number of aromatic nitrogens is 1. The molecule has 0 aliphatic carbocycles. The third kappa shape index (κ3) is 4.85. The molecular weight excluding hydrogens is 352 g/mol. The van der Waals surface area contributed by atoms with Gasteiger partial charge in [-0.05, 0) is 54.3 Å². The molecule has 0 aliphatic heterocycles. The molecule has 136 valence electrons. The Morgan fingerprint density at radius 1 is 1.19 bits per heavy atom. The monoisotopic (exact) mass is 372 g/mol. The van der Waals surface area contributed by atoms with Crippen LogP contribution in [-0.4, -0.2) is 29.3 Å². The van der Waals surface area contributed by atoms with Crippen LogP contribution in [-0.2, 0) is 6.54 Å². The lowest BCUT2D eigenvalue weighted by Crippen LogP contribution is -2.32. The lowest BCUT2D eigenvalue weighted by molar-refractivity contribution is 0.106. The topological polar surface area (TPSA) is 74.3 Å². The van der Waals surface area contributed by atoms with Gasteiger partial charge in [-0.15, -0.1) is 0 Å². The standard InChI is InChI=1S/C20H21ClN2O3/c1-13-2-3-14-9-15(20(25)23-19(14)8-13)10-22-11-17(24)12-26-18-6-4-16(21)5-7-18/h2-9,17,22,24H,10-12H2,1H3,(H,23,25). The molecule has 0 saturated heterocycles. The van der Waals surface area contributed by atoms with Crippen LogP contribution in [0.4, 0.5) is 0 Å². The van der Waals surface area contributed by atoms with Crippen molar-refractivity contribution < 1.29 is 9.84 Å².